The first-order chi connectivity index (χ1) is 9.88. The van der Waals surface area contributed by atoms with Crippen molar-refractivity contribution in [2.24, 2.45) is 0 Å². The fourth-order valence-corrected chi connectivity index (χ4v) is 2.08. The van der Waals surface area contributed by atoms with Crippen molar-refractivity contribution < 1.29 is 9.13 Å². The summed E-state index contributed by atoms with van der Waals surface area (Å²) < 4.78 is 19.3. The lowest BCUT2D eigenvalue weighted by molar-refractivity contribution is 0.231. The van der Waals surface area contributed by atoms with Crippen molar-refractivity contribution in [3.63, 3.8) is 0 Å². The highest BCUT2D eigenvalue weighted by atomic mass is 35.5. The normalized spacial score (nSPS) is 10.8. The van der Waals surface area contributed by atoms with Gasteiger partial charge in [0.15, 0.2) is 11.6 Å². The van der Waals surface area contributed by atoms with Crippen LogP contribution >= 0.6 is 11.6 Å². The summed E-state index contributed by atoms with van der Waals surface area (Å²) in [5.74, 6) is -0.309. The van der Waals surface area contributed by atoms with Gasteiger partial charge in [-0.15, -0.1) is 0 Å². The third kappa shape index (κ3) is 3.58. The summed E-state index contributed by atoms with van der Waals surface area (Å²) in [6.07, 6.45) is -0.121. The molecule has 0 amide bonds. The molecule has 0 aliphatic carbocycles. The number of anilines is 3. The monoisotopic (exact) mass is 308 g/mol. The van der Waals surface area contributed by atoms with Gasteiger partial charge in [0.1, 0.15) is 0 Å². The van der Waals surface area contributed by atoms with E-state index in [4.69, 9.17) is 22.1 Å². The highest BCUT2D eigenvalue weighted by Crippen LogP contribution is 2.33. The Hall–Kier alpha value is -1.94. The molecule has 112 valence electrons. The van der Waals surface area contributed by atoms with Crippen LogP contribution in [0, 0.1) is 12.7 Å². The molecule has 2 aromatic rings. The van der Waals surface area contributed by atoms with Crippen LogP contribution in [0.1, 0.15) is 19.4 Å². The van der Waals surface area contributed by atoms with E-state index in [1.807, 2.05) is 39.0 Å². The molecule has 0 aliphatic heterocycles. The van der Waals surface area contributed by atoms with Crippen molar-refractivity contribution in [3.05, 3.63) is 46.7 Å². The van der Waals surface area contributed by atoms with Gasteiger partial charge in [-0.2, -0.15) is 0 Å². The average molecular weight is 309 g/mol. The third-order valence-corrected chi connectivity index (χ3v) is 3.41. The van der Waals surface area contributed by atoms with Gasteiger partial charge in [0.25, 0.3) is 0 Å². The van der Waals surface area contributed by atoms with Crippen molar-refractivity contribution in [2.45, 2.75) is 26.9 Å². The Morgan fingerprint density at radius 1 is 1.24 bits per heavy atom. The quantitative estimate of drug-likeness (QED) is 0.790. The van der Waals surface area contributed by atoms with Gasteiger partial charge in [-0.1, -0.05) is 17.7 Å². The van der Waals surface area contributed by atoms with E-state index in [-0.39, 0.29) is 11.9 Å². The van der Waals surface area contributed by atoms with Crippen LogP contribution in [0.4, 0.5) is 21.5 Å². The number of nitrogens with one attached hydrogen (secondary N) is 1. The number of hydrogen-bond acceptors (Lipinski definition) is 3. The Labute approximate surface area is 128 Å². The van der Waals surface area contributed by atoms with E-state index in [1.54, 1.807) is 6.07 Å². The first-order valence-electron chi connectivity index (χ1n) is 6.66. The topological polar surface area (TPSA) is 47.3 Å². The standard InChI is InChI=1S/C16H18ClFN2O/c1-9(2)21-16-8-15(13(19)7-12(16)18)20-14-6-4-5-11(17)10(14)3/h4-9,20H,19H2,1-3H3. The predicted octanol–water partition coefficient (Wildman–Crippen LogP) is 4.90. The lowest BCUT2D eigenvalue weighted by Gasteiger charge is -2.16. The molecule has 0 aromatic heterocycles. The van der Waals surface area contributed by atoms with E-state index in [1.165, 1.54) is 6.07 Å². The van der Waals surface area contributed by atoms with Gasteiger partial charge in [0.2, 0.25) is 0 Å². The molecule has 0 fully saturated rings. The van der Waals surface area contributed by atoms with Gasteiger partial charge in [-0.25, -0.2) is 4.39 Å². The number of benzene rings is 2. The Morgan fingerprint density at radius 2 is 1.95 bits per heavy atom. The molecule has 21 heavy (non-hydrogen) atoms. The molecule has 5 heteroatoms. The molecule has 0 aliphatic rings. The zero-order valence-corrected chi connectivity index (χ0v) is 13.0. The lowest BCUT2D eigenvalue weighted by Crippen LogP contribution is -2.08. The second kappa shape index (κ2) is 6.22. The summed E-state index contributed by atoms with van der Waals surface area (Å²) in [6.45, 7) is 5.57. The largest absolute Gasteiger partial charge is 0.488 e. The third-order valence-electron chi connectivity index (χ3n) is 3.00. The fourth-order valence-electron chi connectivity index (χ4n) is 1.91. The van der Waals surface area contributed by atoms with Gasteiger partial charge in [-0.3, -0.25) is 0 Å². The molecule has 0 spiro atoms. The SMILES string of the molecule is Cc1c(Cl)cccc1Nc1cc(OC(C)C)c(F)cc1N. The number of halogens is 2. The number of nitrogens with two attached hydrogens (primary N) is 1. The van der Waals surface area contributed by atoms with Crippen LogP contribution in [0.25, 0.3) is 0 Å². The van der Waals surface area contributed by atoms with Crippen LogP contribution < -0.4 is 15.8 Å². The highest BCUT2D eigenvalue weighted by Gasteiger charge is 2.12. The summed E-state index contributed by atoms with van der Waals surface area (Å²) in [5.41, 5.74) is 8.47. The molecular weight excluding hydrogens is 291 g/mol. The van der Waals surface area contributed by atoms with E-state index in [0.717, 1.165) is 11.3 Å². The Balaban J connectivity index is 2.37. The summed E-state index contributed by atoms with van der Waals surface area (Å²) in [7, 11) is 0. The second-order valence-electron chi connectivity index (χ2n) is 5.07. The van der Waals surface area contributed by atoms with Crippen molar-refractivity contribution in [1.82, 2.24) is 0 Å². The first-order valence-corrected chi connectivity index (χ1v) is 7.04. The minimum absolute atomic E-state index is 0.121. The smallest absolute Gasteiger partial charge is 0.167 e. The van der Waals surface area contributed by atoms with E-state index < -0.39 is 5.82 Å². The van der Waals surface area contributed by atoms with Crippen molar-refractivity contribution in [1.29, 1.82) is 0 Å². The van der Waals surface area contributed by atoms with Crippen LogP contribution in [0.15, 0.2) is 30.3 Å². The molecule has 2 rings (SSSR count). The molecule has 0 heterocycles. The van der Waals surface area contributed by atoms with Crippen molar-refractivity contribution in [2.75, 3.05) is 11.1 Å². The molecule has 0 saturated carbocycles. The zero-order valence-electron chi connectivity index (χ0n) is 12.2. The van der Waals surface area contributed by atoms with Gasteiger partial charge in [0, 0.05) is 22.8 Å². The van der Waals surface area contributed by atoms with Gasteiger partial charge < -0.3 is 15.8 Å². The summed E-state index contributed by atoms with van der Waals surface area (Å²) in [6, 6.07) is 8.34. The van der Waals surface area contributed by atoms with Gasteiger partial charge in [-0.05, 0) is 38.5 Å². The number of rotatable bonds is 4. The van der Waals surface area contributed by atoms with Gasteiger partial charge in [0.05, 0.1) is 17.5 Å². The number of ether oxygens (including phenoxy) is 1. The molecule has 0 saturated heterocycles. The molecule has 2 aromatic carbocycles. The van der Waals surface area contributed by atoms with E-state index in [2.05, 4.69) is 5.32 Å². The molecule has 0 atom stereocenters. The Morgan fingerprint density at radius 3 is 2.62 bits per heavy atom. The maximum absolute atomic E-state index is 13.8. The van der Waals surface area contributed by atoms with Crippen molar-refractivity contribution >= 4 is 28.7 Å². The van der Waals surface area contributed by atoms with E-state index in [9.17, 15) is 4.39 Å². The molecule has 3 N–H and O–H groups in total. The Bertz CT molecular complexity index is 659. The number of nitrogen functional groups attached to an aromatic ring is 1. The van der Waals surface area contributed by atoms with E-state index in [0.29, 0.717) is 16.4 Å². The maximum Gasteiger partial charge on any atom is 0.167 e. The van der Waals surface area contributed by atoms with Crippen molar-refractivity contribution in [3.8, 4) is 5.75 Å². The van der Waals surface area contributed by atoms with Crippen LogP contribution in [0.2, 0.25) is 5.02 Å². The Kier molecular flexibility index (Phi) is 4.58. The zero-order chi connectivity index (χ0) is 15.6. The molecule has 3 nitrogen and oxygen atoms in total. The average Bonchev–Trinajstić information content (AvgIpc) is 2.40. The summed E-state index contributed by atoms with van der Waals surface area (Å²) in [5, 5.41) is 3.82. The first kappa shape index (κ1) is 15.4. The highest BCUT2D eigenvalue weighted by molar-refractivity contribution is 6.31. The minimum atomic E-state index is -0.477. The molecule has 0 bridgehead atoms. The van der Waals surface area contributed by atoms with Crippen LogP contribution in [-0.4, -0.2) is 6.10 Å². The minimum Gasteiger partial charge on any atom is -0.488 e. The van der Waals surface area contributed by atoms with Gasteiger partial charge >= 0.3 is 0 Å². The maximum atomic E-state index is 13.8. The summed E-state index contributed by atoms with van der Waals surface area (Å²) >= 11 is 6.09. The molecule has 0 radical (unpaired) electrons. The fraction of sp³-hybridized carbons (Fsp3) is 0.250. The lowest BCUT2D eigenvalue weighted by atomic mass is 10.1. The van der Waals surface area contributed by atoms with Crippen LogP contribution in [0.3, 0.4) is 0 Å². The second-order valence-corrected chi connectivity index (χ2v) is 5.48. The molecule has 0 unspecified atom stereocenters. The number of hydrogen-bond donors (Lipinski definition) is 2. The van der Waals surface area contributed by atoms with E-state index >= 15 is 0 Å². The van der Waals surface area contributed by atoms with Crippen LogP contribution in [-0.2, 0) is 0 Å². The predicted molar refractivity (Wildman–Crippen MR) is 86.0 cm³/mol. The van der Waals surface area contributed by atoms with Crippen LogP contribution in [0.5, 0.6) is 5.75 Å². The summed E-state index contributed by atoms with van der Waals surface area (Å²) in [4.78, 5) is 0. The molecular formula is C16H18ClFN2O.